The molecule has 4 aliphatic carbocycles. The minimum absolute atomic E-state index is 0.0211. The molecule has 172 valence electrons. The van der Waals surface area contributed by atoms with Crippen LogP contribution in [0.4, 0.5) is 0 Å². The number of hydrogen-bond acceptors (Lipinski definition) is 4. The molecule has 0 bridgehead atoms. The van der Waals surface area contributed by atoms with Gasteiger partial charge in [-0.05, 0) is 80.2 Å². The Balaban J connectivity index is 1.31. The lowest BCUT2D eigenvalue weighted by molar-refractivity contribution is -0.156. The molecule has 0 amide bonds. The number of carbonyl (C=O) groups is 2. The van der Waals surface area contributed by atoms with Crippen molar-refractivity contribution in [3.05, 3.63) is 47.5 Å². The maximum Gasteiger partial charge on any atom is 0.338 e. The molecule has 5 unspecified atom stereocenters. The molecular formula is C28H36O4. The Bertz CT molecular complexity index is 921. The van der Waals surface area contributed by atoms with Crippen LogP contribution in [0.15, 0.2) is 42.0 Å². The lowest BCUT2D eigenvalue weighted by Gasteiger charge is -2.57. The number of rotatable bonds is 3. The summed E-state index contributed by atoms with van der Waals surface area (Å²) >= 11 is 0. The van der Waals surface area contributed by atoms with Crippen molar-refractivity contribution in [1.82, 2.24) is 0 Å². The SMILES string of the molecule is CC(=O)OC1CCC2C3CC=C4CC(OC(=O)c5ccccc5)CC[C@@]4(C)C3CC[C@@]12C. The zero-order valence-corrected chi connectivity index (χ0v) is 19.6. The molecule has 0 saturated heterocycles. The third-order valence-electron chi connectivity index (χ3n) is 9.56. The predicted molar refractivity (Wildman–Crippen MR) is 123 cm³/mol. The van der Waals surface area contributed by atoms with Gasteiger partial charge in [0, 0.05) is 18.8 Å². The third kappa shape index (κ3) is 3.50. The fourth-order valence-corrected chi connectivity index (χ4v) is 7.87. The van der Waals surface area contributed by atoms with Crippen molar-refractivity contribution in [2.75, 3.05) is 0 Å². The molecule has 4 nitrogen and oxygen atoms in total. The average molecular weight is 437 g/mol. The van der Waals surface area contributed by atoms with Crippen molar-refractivity contribution in [3.63, 3.8) is 0 Å². The smallest absolute Gasteiger partial charge is 0.338 e. The van der Waals surface area contributed by atoms with E-state index in [9.17, 15) is 9.59 Å². The quantitative estimate of drug-likeness (QED) is 0.424. The van der Waals surface area contributed by atoms with Crippen molar-refractivity contribution < 1.29 is 19.1 Å². The van der Waals surface area contributed by atoms with Gasteiger partial charge in [0.2, 0.25) is 0 Å². The topological polar surface area (TPSA) is 52.6 Å². The van der Waals surface area contributed by atoms with Gasteiger partial charge in [0.25, 0.3) is 0 Å². The zero-order valence-electron chi connectivity index (χ0n) is 19.6. The molecule has 3 fully saturated rings. The fraction of sp³-hybridized carbons (Fsp3) is 0.643. The Labute approximate surface area is 191 Å². The molecule has 32 heavy (non-hydrogen) atoms. The minimum atomic E-state index is -0.204. The molecule has 1 aromatic carbocycles. The van der Waals surface area contributed by atoms with Crippen LogP contribution in [0.3, 0.4) is 0 Å². The van der Waals surface area contributed by atoms with E-state index < -0.39 is 0 Å². The summed E-state index contributed by atoms with van der Waals surface area (Å²) in [4.78, 5) is 24.2. The van der Waals surface area contributed by atoms with Crippen LogP contribution in [0.5, 0.6) is 0 Å². The van der Waals surface area contributed by atoms with E-state index in [1.807, 2.05) is 30.3 Å². The lowest BCUT2D eigenvalue weighted by atomic mass is 9.48. The monoisotopic (exact) mass is 436 g/mol. The molecule has 5 rings (SSSR count). The van der Waals surface area contributed by atoms with Crippen molar-refractivity contribution in [3.8, 4) is 0 Å². The van der Waals surface area contributed by atoms with Crippen LogP contribution in [-0.2, 0) is 14.3 Å². The molecule has 7 atom stereocenters. The van der Waals surface area contributed by atoms with Gasteiger partial charge >= 0.3 is 11.9 Å². The van der Waals surface area contributed by atoms with Gasteiger partial charge in [0.1, 0.15) is 12.2 Å². The van der Waals surface area contributed by atoms with E-state index in [1.165, 1.54) is 18.4 Å². The number of benzene rings is 1. The van der Waals surface area contributed by atoms with Crippen molar-refractivity contribution in [1.29, 1.82) is 0 Å². The summed E-state index contributed by atoms with van der Waals surface area (Å²) < 4.78 is 11.7. The third-order valence-corrected chi connectivity index (χ3v) is 9.56. The summed E-state index contributed by atoms with van der Waals surface area (Å²) in [5.41, 5.74) is 2.47. The van der Waals surface area contributed by atoms with E-state index in [4.69, 9.17) is 9.47 Å². The summed E-state index contributed by atoms with van der Waals surface area (Å²) in [5, 5.41) is 0. The molecule has 0 radical (unpaired) electrons. The van der Waals surface area contributed by atoms with Crippen LogP contribution in [0.1, 0.15) is 82.5 Å². The highest BCUT2D eigenvalue weighted by Crippen LogP contribution is 2.65. The zero-order chi connectivity index (χ0) is 22.5. The summed E-state index contributed by atoms with van der Waals surface area (Å²) in [7, 11) is 0. The number of hydrogen-bond donors (Lipinski definition) is 0. The maximum absolute atomic E-state index is 12.6. The lowest BCUT2D eigenvalue weighted by Crippen LogP contribution is -2.51. The summed E-state index contributed by atoms with van der Waals surface area (Å²) in [5.74, 6) is 1.65. The van der Waals surface area contributed by atoms with E-state index in [0.29, 0.717) is 23.3 Å². The molecule has 4 heteroatoms. The molecule has 3 saturated carbocycles. The Kier molecular flexibility index (Phi) is 5.46. The van der Waals surface area contributed by atoms with Gasteiger partial charge in [-0.15, -0.1) is 0 Å². The van der Waals surface area contributed by atoms with E-state index in [1.54, 1.807) is 6.92 Å². The molecule has 0 N–H and O–H groups in total. The Morgan fingerprint density at radius 3 is 2.47 bits per heavy atom. The largest absolute Gasteiger partial charge is 0.462 e. The van der Waals surface area contributed by atoms with E-state index in [2.05, 4.69) is 19.9 Å². The average Bonchev–Trinajstić information content (AvgIpc) is 3.10. The van der Waals surface area contributed by atoms with E-state index >= 15 is 0 Å². The highest BCUT2D eigenvalue weighted by Gasteiger charge is 2.59. The van der Waals surface area contributed by atoms with Gasteiger partial charge in [0.15, 0.2) is 0 Å². The van der Waals surface area contributed by atoms with Gasteiger partial charge in [-0.25, -0.2) is 4.79 Å². The van der Waals surface area contributed by atoms with Crippen LogP contribution >= 0.6 is 0 Å². The molecule has 1 aromatic rings. The normalized spacial score (nSPS) is 40.3. The number of ether oxygens (including phenoxy) is 2. The molecular weight excluding hydrogens is 400 g/mol. The van der Waals surface area contributed by atoms with E-state index in [0.717, 1.165) is 38.5 Å². The maximum atomic E-state index is 12.6. The van der Waals surface area contributed by atoms with Crippen molar-refractivity contribution >= 4 is 11.9 Å². The first kappa shape index (κ1) is 21.7. The van der Waals surface area contributed by atoms with Crippen LogP contribution in [-0.4, -0.2) is 24.1 Å². The summed E-state index contributed by atoms with van der Waals surface area (Å²) in [6, 6.07) is 9.32. The molecule has 4 aliphatic rings. The van der Waals surface area contributed by atoms with E-state index in [-0.39, 0.29) is 35.0 Å². The Morgan fingerprint density at radius 2 is 1.72 bits per heavy atom. The summed E-state index contributed by atoms with van der Waals surface area (Å²) in [6.45, 7) is 6.38. The van der Waals surface area contributed by atoms with Gasteiger partial charge in [-0.1, -0.05) is 43.7 Å². The number of esters is 2. The fourth-order valence-electron chi connectivity index (χ4n) is 7.87. The number of carbonyl (C=O) groups excluding carboxylic acids is 2. The van der Waals surface area contributed by atoms with Gasteiger partial charge in [-0.3, -0.25) is 4.79 Å². The first-order valence-corrected chi connectivity index (χ1v) is 12.4. The van der Waals surface area contributed by atoms with Crippen molar-refractivity contribution in [2.24, 2.45) is 28.6 Å². The molecule has 0 aromatic heterocycles. The molecule has 0 spiro atoms. The highest BCUT2D eigenvalue weighted by atomic mass is 16.5. The second kappa shape index (κ2) is 8.04. The van der Waals surface area contributed by atoms with Crippen molar-refractivity contribution in [2.45, 2.75) is 84.3 Å². The Morgan fingerprint density at radius 1 is 0.938 bits per heavy atom. The number of allylic oxidation sites excluding steroid dienone is 1. The highest BCUT2D eigenvalue weighted by molar-refractivity contribution is 5.89. The second-order valence-electron chi connectivity index (χ2n) is 11.1. The van der Waals surface area contributed by atoms with Gasteiger partial charge in [-0.2, -0.15) is 0 Å². The predicted octanol–water partition coefficient (Wildman–Crippen LogP) is 6.11. The van der Waals surface area contributed by atoms with Gasteiger partial charge in [0.05, 0.1) is 5.56 Å². The standard InChI is InChI=1S/C28H36O4/c1-18(29)31-25-12-11-23-22-10-9-20-17-21(32-26(30)19-7-5-4-6-8-19)13-15-27(20,2)24(22)14-16-28(23,25)3/h4-9,21-25H,10-17H2,1-3H3/t21?,22?,23?,24?,25?,27-,28-/m1/s1. The minimum Gasteiger partial charge on any atom is -0.462 e. The van der Waals surface area contributed by atoms with Crippen LogP contribution in [0, 0.1) is 28.6 Å². The number of fused-ring (bicyclic) bond motifs is 5. The Hall–Kier alpha value is -2.10. The van der Waals surface area contributed by atoms with Gasteiger partial charge < -0.3 is 9.47 Å². The molecule has 0 heterocycles. The van der Waals surface area contributed by atoms with Crippen LogP contribution < -0.4 is 0 Å². The summed E-state index contributed by atoms with van der Waals surface area (Å²) in [6.07, 6.45) is 11.1. The molecule has 0 aliphatic heterocycles. The second-order valence-corrected chi connectivity index (χ2v) is 11.1. The first-order valence-electron chi connectivity index (χ1n) is 12.4. The van der Waals surface area contributed by atoms with Crippen LogP contribution in [0.2, 0.25) is 0 Å². The first-order chi connectivity index (χ1) is 15.3. The van der Waals surface area contributed by atoms with Crippen LogP contribution in [0.25, 0.3) is 0 Å².